The van der Waals surface area contributed by atoms with Crippen LogP contribution in [0.1, 0.15) is 97.8 Å². The zero-order chi connectivity index (χ0) is 58.6. The van der Waals surface area contributed by atoms with E-state index >= 15 is 0 Å². The van der Waals surface area contributed by atoms with E-state index in [2.05, 4.69) is 208 Å². The molecule has 7 heterocycles. The van der Waals surface area contributed by atoms with E-state index in [1.807, 2.05) is 37.5 Å². The number of para-hydroxylation sites is 2. The summed E-state index contributed by atoms with van der Waals surface area (Å²) in [4.78, 5) is 19.1. The third-order valence-electron chi connectivity index (χ3n) is 17.4. The third-order valence-corrected chi connectivity index (χ3v) is 17.4. The first-order chi connectivity index (χ1) is 40.6. The Balaban J connectivity index is 0.000000149. The van der Waals surface area contributed by atoms with Gasteiger partial charge in [-0.05, 0) is 148 Å². The monoisotopic (exact) mass is 1290 g/mol. The van der Waals surface area contributed by atoms with Crippen LogP contribution in [0.25, 0.3) is 131 Å². The molecule has 1 radical (unpaired) electrons. The maximum atomic E-state index is 10.0. The second-order valence-corrected chi connectivity index (χ2v) is 24.2. The smallest absolute Gasteiger partial charge is 0.155 e. The minimum absolute atomic E-state index is 0. The zero-order valence-corrected chi connectivity index (χ0v) is 52.4. The van der Waals surface area contributed by atoms with Crippen molar-refractivity contribution < 1.29 is 38.8 Å². The molecule has 0 aliphatic carbocycles. The van der Waals surface area contributed by atoms with Gasteiger partial charge in [0, 0.05) is 82.8 Å². The van der Waals surface area contributed by atoms with E-state index in [0.717, 1.165) is 55.8 Å². The predicted octanol–water partition coefficient (Wildman–Crippen LogP) is 20.6. The average Bonchev–Trinajstić information content (AvgIpc) is 1.57. The Labute approximate surface area is 508 Å². The first kappa shape index (κ1) is 56.8. The van der Waals surface area contributed by atoms with Crippen molar-refractivity contribution in [2.45, 2.75) is 81.1 Å². The molecule has 15 rings (SSSR count). The maximum absolute atomic E-state index is 10.0. The van der Waals surface area contributed by atoms with Crippen molar-refractivity contribution in [2.75, 3.05) is 7.05 Å². The number of benzene rings is 8. The number of carbonyl (C=O) groups is 1. The molecule has 1 N–H and O–H groups in total. The summed E-state index contributed by atoms with van der Waals surface area (Å²) in [6, 6.07) is 57.3. The van der Waals surface area contributed by atoms with Gasteiger partial charge in [-0.2, -0.15) is 0 Å². The van der Waals surface area contributed by atoms with Gasteiger partial charge >= 0.3 is 0 Å². The largest absolute Gasteiger partial charge is 0.512 e. The summed E-state index contributed by atoms with van der Waals surface area (Å²) in [5.41, 5.74) is 17.6. The number of aliphatic hydroxyl groups excluding tert-OH is 1. The number of carbonyl (C=O) groups excluding carboxylic acids is 1. The van der Waals surface area contributed by atoms with Crippen LogP contribution in [-0.2, 0) is 24.9 Å². The van der Waals surface area contributed by atoms with Gasteiger partial charge in [0.15, 0.2) is 5.78 Å². The summed E-state index contributed by atoms with van der Waals surface area (Å²) < 4.78 is 18.0. The summed E-state index contributed by atoms with van der Waals surface area (Å²) in [5.74, 6) is 2.95. The van der Waals surface area contributed by atoms with E-state index in [9.17, 15) is 4.79 Å². The van der Waals surface area contributed by atoms with Gasteiger partial charge in [0.2, 0.25) is 0 Å². The van der Waals surface area contributed by atoms with E-state index in [0.29, 0.717) is 35.5 Å². The number of aliphatic imine (C=N–C) groups is 1. The molecule has 0 bridgehead atoms. The number of furan rings is 2. The first-order valence-corrected chi connectivity index (χ1v) is 29.4. The van der Waals surface area contributed by atoms with E-state index in [-0.39, 0.29) is 31.6 Å². The molecule has 15 aromatic rings. The van der Waals surface area contributed by atoms with E-state index in [1.54, 1.807) is 6.08 Å². The van der Waals surface area contributed by atoms with Crippen molar-refractivity contribution in [1.29, 1.82) is 0 Å². The minimum Gasteiger partial charge on any atom is -0.512 e. The minimum atomic E-state index is -0.125. The Hall–Kier alpha value is -8.62. The van der Waals surface area contributed by atoms with Crippen LogP contribution in [0, 0.1) is 35.8 Å². The molecular weight excluding hydrogens is 1230 g/mol. The standard InChI is InChI=1S/C36H29N2O.C35H31N2O.C5H8O2.Ir/c1-20(2)33(21(3)4)23-18-27-26-17-22(29-10-7-8-16-37-29)12-14-30(26)38-31-15-13-25-24-9-5-6-11-32(24)39-36(25)34(31)28(19-23)35(27)38;1-7-28(36-6)21-12-14-29-25(16-21)26-17-22(32(19(2)3)20(4)5)18-27-33-30(37(29)34(26)27)15-13-24-23-10-8-9-11-31(23)38-35(24)33;1-4(6)3-5(2)7;/h5-11,13-21,33H,1-4H3;7-11,13-20,32H,1H2,2-6H3;3,6H,1-2H3;/q2*-1;;/b;;4-3-;. The molecule has 85 heavy (non-hydrogen) atoms. The molecule has 0 fully saturated rings. The zero-order valence-electron chi connectivity index (χ0n) is 50.0. The SMILES string of the molecule is C=CC(=NC)c1[c-]cc2c(c1)c1cc(C(C(C)C)C(C)C)cc3c4c5oc6ccccc6c5ccc4n2c13.CC(=O)/C=C(/C)O.CC(C)C(c1cc2c3cc(-c4ccccn4)[c-]cc3n3c4ccc5c6ccccc6oc5c4c(c1)c23)C(C)C.[Ir]. The van der Waals surface area contributed by atoms with Gasteiger partial charge in [0.05, 0.1) is 27.6 Å². The third kappa shape index (κ3) is 9.26. The van der Waals surface area contributed by atoms with Crippen molar-refractivity contribution in [3.63, 3.8) is 0 Å². The topological polar surface area (TPSA) is 97.7 Å². The first-order valence-electron chi connectivity index (χ1n) is 29.4. The Morgan fingerprint density at radius 1 is 0.565 bits per heavy atom. The Bertz CT molecular complexity index is 5120. The van der Waals surface area contributed by atoms with Gasteiger partial charge < -0.3 is 32.7 Å². The molecular formula is C76H68IrN4O4-2. The summed E-state index contributed by atoms with van der Waals surface area (Å²) in [6.07, 6.45) is 4.82. The van der Waals surface area contributed by atoms with E-state index < -0.39 is 0 Å². The number of allylic oxidation sites excluding steroid dienone is 3. The van der Waals surface area contributed by atoms with Crippen molar-refractivity contribution in [1.82, 2.24) is 13.8 Å². The number of fused-ring (bicyclic) bond motifs is 20. The predicted molar refractivity (Wildman–Crippen MR) is 352 cm³/mol. The molecule has 0 spiro atoms. The normalized spacial score (nSPS) is 12.8. The second kappa shape index (κ2) is 22.1. The molecule has 7 aromatic heterocycles. The summed E-state index contributed by atoms with van der Waals surface area (Å²) >= 11 is 0. The van der Waals surface area contributed by atoms with Gasteiger partial charge in [0.1, 0.15) is 22.3 Å². The van der Waals surface area contributed by atoms with Crippen molar-refractivity contribution in [2.24, 2.45) is 28.7 Å². The fourth-order valence-electron chi connectivity index (χ4n) is 14.4. The van der Waals surface area contributed by atoms with Gasteiger partial charge in [-0.15, -0.1) is 54.1 Å². The number of aliphatic hydroxyl groups is 1. The van der Waals surface area contributed by atoms with Crippen molar-refractivity contribution in [3.05, 3.63) is 199 Å². The molecule has 0 atom stereocenters. The summed E-state index contributed by atoms with van der Waals surface area (Å²) in [5, 5.41) is 23.0. The Morgan fingerprint density at radius 3 is 1.47 bits per heavy atom. The summed E-state index contributed by atoms with van der Waals surface area (Å²) in [7, 11) is 1.81. The molecule has 427 valence electrons. The van der Waals surface area contributed by atoms with Crippen LogP contribution in [0.4, 0.5) is 0 Å². The van der Waals surface area contributed by atoms with Crippen LogP contribution >= 0.6 is 0 Å². The van der Waals surface area contributed by atoms with E-state index in [4.69, 9.17) is 13.9 Å². The number of ketones is 1. The van der Waals surface area contributed by atoms with Crippen LogP contribution in [0.15, 0.2) is 184 Å². The van der Waals surface area contributed by atoms with Gasteiger partial charge in [-0.1, -0.05) is 133 Å². The van der Waals surface area contributed by atoms with Gasteiger partial charge in [-0.3, -0.25) is 4.79 Å². The molecule has 0 aliphatic heterocycles. The van der Waals surface area contributed by atoms with Crippen LogP contribution in [0.2, 0.25) is 0 Å². The number of hydrogen-bond acceptors (Lipinski definition) is 6. The average molecular weight is 1290 g/mol. The van der Waals surface area contributed by atoms with E-state index in [1.165, 1.54) is 118 Å². The molecule has 0 amide bonds. The van der Waals surface area contributed by atoms with Crippen LogP contribution in [-0.4, -0.2) is 37.4 Å². The number of nitrogens with zero attached hydrogens (tertiary/aromatic N) is 4. The Kier molecular flexibility index (Phi) is 14.8. The second-order valence-electron chi connectivity index (χ2n) is 24.2. The molecule has 0 unspecified atom stereocenters. The van der Waals surface area contributed by atoms with Gasteiger partial charge in [-0.25, -0.2) is 0 Å². The number of pyridine rings is 1. The summed E-state index contributed by atoms with van der Waals surface area (Å²) in [6.45, 7) is 25.5. The maximum Gasteiger partial charge on any atom is 0.155 e. The van der Waals surface area contributed by atoms with Crippen LogP contribution in [0.3, 0.4) is 0 Å². The Morgan fingerprint density at radius 2 is 1.04 bits per heavy atom. The number of aromatic nitrogens is 3. The van der Waals surface area contributed by atoms with Crippen LogP contribution < -0.4 is 0 Å². The van der Waals surface area contributed by atoms with Gasteiger partial charge in [0.25, 0.3) is 0 Å². The molecule has 0 saturated heterocycles. The molecule has 0 saturated carbocycles. The number of hydrogen-bond donors (Lipinski definition) is 1. The molecule has 8 aromatic carbocycles. The molecule has 8 nitrogen and oxygen atoms in total. The number of rotatable bonds is 10. The quantitative estimate of drug-likeness (QED) is 0.0637. The fourth-order valence-corrected chi connectivity index (χ4v) is 14.4. The van der Waals surface area contributed by atoms with Crippen LogP contribution in [0.5, 0.6) is 0 Å². The van der Waals surface area contributed by atoms with Crippen molar-refractivity contribution in [3.8, 4) is 11.3 Å². The van der Waals surface area contributed by atoms with Crippen molar-refractivity contribution >= 4 is 132 Å². The molecule has 0 aliphatic rings. The molecule has 9 heteroatoms. The fraction of sp³-hybridized carbons (Fsp3) is 0.224.